The molecule has 26 heavy (non-hydrogen) atoms. The number of carbonyl (C=O) groups excluding carboxylic acids is 1. The number of morpholine rings is 1. The van der Waals surface area contributed by atoms with Crippen LogP contribution in [0.5, 0.6) is 0 Å². The van der Waals surface area contributed by atoms with Gasteiger partial charge in [-0.25, -0.2) is 4.98 Å². The molecule has 2 aliphatic rings. The fraction of sp³-hybridized carbons (Fsp3) is 0.789. The van der Waals surface area contributed by atoms with Gasteiger partial charge in [-0.15, -0.1) is 0 Å². The van der Waals surface area contributed by atoms with Crippen LogP contribution in [-0.4, -0.2) is 95.7 Å². The number of hydrogen-bond donors (Lipinski definition) is 0. The summed E-state index contributed by atoms with van der Waals surface area (Å²) in [6, 6.07) is -0.185. The molecule has 0 spiro atoms. The first-order chi connectivity index (χ1) is 12.6. The molecule has 0 aliphatic carbocycles. The second kappa shape index (κ2) is 8.97. The molecule has 2 aliphatic heterocycles. The van der Waals surface area contributed by atoms with Gasteiger partial charge in [0.2, 0.25) is 5.91 Å². The molecule has 1 atom stereocenters. The number of rotatable bonds is 6. The van der Waals surface area contributed by atoms with Gasteiger partial charge in [0.1, 0.15) is 11.9 Å². The van der Waals surface area contributed by atoms with Gasteiger partial charge in [-0.2, -0.15) is 0 Å². The zero-order chi connectivity index (χ0) is 18.5. The van der Waals surface area contributed by atoms with E-state index in [1.807, 2.05) is 22.6 Å². The number of hydrogen-bond acceptors (Lipinski definition) is 5. The average Bonchev–Trinajstić information content (AvgIpc) is 3.16. The van der Waals surface area contributed by atoms with E-state index in [-0.39, 0.29) is 11.9 Å². The summed E-state index contributed by atoms with van der Waals surface area (Å²) in [5.41, 5.74) is 0. The largest absolute Gasteiger partial charge is 0.379 e. The molecule has 1 aromatic heterocycles. The van der Waals surface area contributed by atoms with Crippen molar-refractivity contribution in [1.82, 2.24) is 24.3 Å². The Morgan fingerprint density at radius 3 is 2.27 bits per heavy atom. The lowest BCUT2D eigenvalue weighted by atomic mass is 10.2. The van der Waals surface area contributed by atoms with Crippen LogP contribution >= 0.6 is 0 Å². The van der Waals surface area contributed by atoms with Gasteiger partial charge in [0.25, 0.3) is 0 Å². The van der Waals surface area contributed by atoms with E-state index in [1.165, 1.54) is 0 Å². The Kier molecular flexibility index (Phi) is 6.67. The summed E-state index contributed by atoms with van der Waals surface area (Å²) in [7, 11) is 0. The third-order valence-corrected chi connectivity index (χ3v) is 5.51. The molecule has 0 N–H and O–H groups in total. The van der Waals surface area contributed by atoms with Crippen molar-refractivity contribution in [1.29, 1.82) is 0 Å². The molecule has 2 saturated heterocycles. The second-order valence-corrected chi connectivity index (χ2v) is 7.64. The summed E-state index contributed by atoms with van der Waals surface area (Å²) in [5.74, 6) is 1.50. The SMILES string of the molecule is CC(C)c1nccn1C(C)C(=O)N1CCN(CCN2CCOCC2)CC1. The second-order valence-electron chi connectivity index (χ2n) is 7.64. The number of carbonyl (C=O) groups is 1. The van der Waals surface area contributed by atoms with Crippen LogP contribution in [0.2, 0.25) is 0 Å². The molecular weight excluding hydrogens is 330 g/mol. The highest BCUT2D eigenvalue weighted by atomic mass is 16.5. The zero-order valence-corrected chi connectivity index (χ0v) is 16.4. The van der Waals surface area contributed by atoms with Crippen molar-refractivity contribution >= 4 is 5.91 Å². The van der Waals surface area contributed by atoms with Gasteiger partial charge in [0, 0.05) is 70.7 Å². The van der Waals surface area contributed by atoms with Crippen LogP contribution in [0.1, 0.15) is 38.6 Å². The Hall–Kier alpha value is -1.44. The summed E-state index contributed by atoms with van der Waals surface area (Å²) in [4.78, 5) is 24.3. The Bertz CT molecular complexity index is 574. The highest BCUT2D eigenvalue weighted by Crippen LogP contribution is 2.19. The van der Waals surface area contributed by atoms with Gasteiger partial charge in [0.05, 0.1) is 13.2 Å². The molecule has 2 fully saturated rings. The minimum atomic E-state index is -0.185. The maximum atomic E-state index is 12.9. The van der Waals surface area contributed by atoms with Crippen LogP contribution in [0, 0.1) is 0 Å². The molecule has 146 valence electrons. The molecule has 0 radical (unpaired) electrons. The number of imidazole rings is 1. The van der Waals surface area contributed by atoms with Crippen LogP contribution in [0.3, 0.4) is 0 Å². The summed E-state index contributed by atoms with van der Waals surface area (Å²) < 4.78 is 7.43. The van der Waals surface area contributed by atoms with Gasteiger partial charge in [0.15, 0.2) is 0 Å². The van der Waals surface area contributed by atoms with Crippen molar-refractivity contribution in [2.45, 2.75) is 32.7 Å². The molecule has 3 rings (SSSR count). The van der Waals surface area contributed by atoms with E-state index in [0.717, 1.165) is 71.4 Å². The molecular formula is C19H33N5O2. The molecule has 7 heteroatoms. The highest BCUT2D eigenvalue weighted by molar-refractivity contribution is 5.80. The number of ether oxygens (including phenoxy) is 1. The molecule has 0 bridgehead atoms. The van der Waals surface area contributed by atoms with E-state index in [0.29, 0.717) is 5.92 Å². The van der Waals surface area contributed by atoms with E-state index in [9.17, 15) is 4.79 Å². The molecule has 1 aromatic rings. The van der Waals surface area contributed by atoms with Crippen LogP contribution in [0.4, 0.5) is 0 Å². The van der Waals surface area contributed by atoms with Crippen LogP contribution < -0.4 is 0 Å². The van der Waals surface area contributed by atoms with Crippen molar-refractivity contribution in [3.05, 3.63) is 18.2 Å². The normalized spacial score (nSPS) is 21.3. The summed E-state index contributed by atoms with van der Waals surface area (Å²) in [5, 5.41) is 0. The molecule has 1 amide bonds. The van der Waals surface area contributed by atoms with Gasteiger partial charge in [-0.05, 0) is 6.92 Å². The van der Waals surface area contributed by atoms with Gasteiger partial charge < -0.3 is 14.2 Å². The topological polar surface area (TPSA) is 53.8 Å². The Balaban J connectivity index is 1.46. The van der Waals surface area contributed by atoms with Crippen molar-refractivity contribution in [2.75, 3.05) is 65.6 Å². The smallest absolute Gasteiger partial charge is 0.245 e. The van der Waals surface area contributed by atoms with Crippen molar-refractivity contribution in [2.24, 2.45) is 0 Å². The fourth-order valence-corrected chi connectivity index (χ4v) is 3.78. The summed E-state index contributed by atoms with van der Waals surface area (Å²) in [6.07, 6.45) is 3.72. The fourth-order valence-electron chi connectivity index (χ4n) is 3.78. The van der Waals surface area contributed by atoms with Crippen LogP contribution in [0.25, 0.3) is 0 Å². The minimum Gasteiger partial charge on any atom is -0.379 e. The predicted octanol–water partition coefficient (Wildman–Crippen LogP) is 1.04. The Morgan fingerprint density at radius 2 is 1.65 bits per heavy atom. The molecule has 1 unspecified atom stereocenters. The number of piperazine rings is 1. The van der Waals surface area contributed by atoms with Crippen molar-refractivity contribution in [3.63, 3.8) is 0 Å². The van der Waals surface area contributed by atoms with E-state index >= 15 is 0 Å². The first kappa shape index (κ1) is 19.3. The zero-order valence-electron chi connectivity index (χ0n) is 16.4. The first-order valence-electron chi connectivity index (χ1n) is 9.90. The standard InChI is InChI=1S/C19H33N5O2/c1-16(2)18-20-4-5-24(18)17(3)19(25)23-10-8-21(9-11-23)6-7-22-12-14-26-15-13-22/h4-5,16-17H,6-15H2,1-3H3. The summed E-state index contributed by atoms with van der Waals surface area (Å²) in [6.45, 7) is 15.7. The van der Waals surface area contributed by atoms with Crippen LogP contribution in [0.15, 0.2) is 12.4 Å². The Morgan fingerprint density at radius 1 is 1.04 bits per heavy atom. The van der Waals surface area contributed by atoms with Crippen molar-refractivity contribution < 1.29 is 9.53 Å². The van der Waals surface area contributed by atoms with Crippen LogP contribution in [-0.2, 0) is 9.53 Å². The van der Waals surface area contributed by atoms with Gasteiger partial charge in [-0.1, -0.05) is 13.8 Å². The lowest BCUT2D eigenvalue weighted by molar-refractivity contribution is -0.136. The first-order valence-corrected chi connectivity index (χ1v) is 9.90. The molecule has 0 aromatic carbocycles. The highest BCUT2D eigenvalue weighted by Gasteiger charge is 2.27. The minimum absolute atomic E-state index is 0.185. The molecule has 3 heterocycles. The lowest BCUT2D eigenvalue weighted by Crippen LogP contribution is -2.52. The third kappa shape index (κ3) is 4.64. The number of amides is 1. The summed E-state index contributed by atoms with van der Waals surface area (Å²) >= 11 is 0. The quantitative estimate of drug-likeness (QED) is 0.756. The van der Waals surface area contributed by atoms with E-state index in [2.05, 4.69) is 28.6 Å². The maximum absolute atomic E-state index is 12.9. The van der Waals surface area contributed by atoms with Gasteiger partial charge in [-0.3, -0.25) is 14.6 Å². The third-order valence-electron chi connectivity index (χ3n) is 5.51. The lowest BCUT2D eigenvalue weighted by Gasteiger charge is -2.37. The predicted molar refractivity (Wildman–Crippen MR) is 101 cm³/mol. The number of aromatic nitrogens is 2. The number of nitrogens with zero attached hydrogens (tertiary/aromatic N) is 5. The average molecular weight is 364 g/mol. The van der Waals surface area contributed by atoms with Gasteiger partial charge >= 0.3 is 0 Å². The maximum Gasteiger partial charge on any atom is 0.245 e. The van der Waals surface area contributed by atoms with E-state index < -0.39 is 0 Å². The Labute approximate surface area is 156 Å². The monoisotopic (exact) mass is 363 g/mol. The van der Waals surface area contributed by atoms with E-state index in [4.69, 9.17) is 4.74 Å². The molecule has 7 nitrogen and oxygen atoms in total. The molecule has 0 saturated carbocycles. The van der Waals surface area contributed by atoms with Crippen molar-refractivity contribution in [3.8, 4) is 0 Å². The van der Waals surface area contributed by atoms with E-state index in [1.54, 1.807) is 6.20 Å².